The Morgan fingerprint density at radius 2 is 2.12 bits per heavy atom. The highest BCUT2D eigenvalue weighted by molar-refractivity contribution is 5.05. The van der Waals surface area contributed by atoms with Crippen molar-refractivity contribution in [3.8, 4) is 0 Å². The maximum atomic E-state index is 11.2. The quantitative estimate of drug-likeness (QED) is 0.776. The van der Waals surface area contributed by atoms with Crippen LogP contribution >= 0.6 is 0 Å². The first-order valence-corrected chi connectivity index (χ1v) is 7.04. The summed E-state index contributed by atoms with van der Waals surface area (Å²) in [4.78, 5) is 0. The van der Waals surface area contributed by atoms with E-state index in [4.69, 9.17) is 10.5 Å². The molecule has 0 bridgehead atoms. The molecule has 3 N–H and O–H groups in total. The minimum Gasteiger partial charge on any atom is -0.389 e. The highest BCUT2D eigenvalue weighted by atomic mass is 16.5. The van der Waals surface area contributed by atoms with Crippen molar-refractivity contribution in [3.63, 3.8) is 0 Å². The topological polar surface area (TPSA) is 55.5 Å². The smallest absolute Gasteiger partial charge is 0.0765 e. The Labute approximate surface area is 105 Å². The Balaban J connectivity index is 2.26. The third kappa shape index (κ3) is 2.13. The van der Waals surface area contributed by atoms with Gasteiger partial charge in [0.25, 0.3) is 0 Å². The molecular weight excluding hydrogens is 214 g/mol. The normalized spacial score (nSPS) is 48.0. The summed E-state index contributed by atoms with van der Waals surface area (Å²) in [6, 6.07) is 0. The first-order valence-electron chi connectivity index (χ1n) is 7.04. The molecule has 1 aliphatic heterocycles. The van der Waals surface area contributed by atoms with Crippen LogP contribution in [-0.2, 0) is 4.74 Å². The zero-order chi connectivity index (χ0) is 12.5. The molecule has 0 aromatic carbocycles. The average molecular weight is 241 g/mol. The van der Waals surface area contributed by atoms with Gasteiger partial charge >= 0.3 is 0 Å². The van der Waals surface area contributed by atoms with E-state index in [-0.39, 0.29) is 5.41 Å². The molecule has 0 aromatic rings. The van der Waals surface area contributed by atoms with E-state index < -0.39 is 5.60 Å². The Bertz CT molecular complexity index is 263. The van der Waals surface area contributed by atoms with Crippen LogP contribution in [0.5, 0.6) is 0 Å². The Hall–Kier alpha value is -0.120. The molecule has 3 heteroatoms. The Morgan fingerprint density at radius 1 is 1.35 bits per heavy atom. The van der Waals surface area contributed by atoms with Crippen LogP contribution in [0.15, 0.2) is 0 Å². The maximum Gasteiger partial charge on any atom is 0.0765 e. The average Bonchev–Trinajstić information content (AvgIpc) is 2.35. The van der Waals surface area contributed by atoms with Crippen molar-refractivity contribution >= 4 is 0 Å². The third-order valence-electron chi connectivity index (χ3n) is 5.20. The summed E-state index contributed by atoms with van der Waals surface area (Å²) in [6.07, 6.45) is 5.26. The molecule has 4 atom stereocenters. The summed E-state index contributed by atoms with van der Waals surface area (Å²) >= 11 is 0. The standard InChI is InChI=1S/C14H27NO2/c1-11-4-5-12(2)14(16,8-11)13(9-15)6-3-7-17-10-13/h11-12,16H,3-10,15H2,1-2H3. The van der Waals surface area contributed by atoms with E-state index in [0.717, 1.165) is 32.3 Å². The van der Waals surface area contributed by atoms with E-state index >= 15 is 0 Å². The second-order valence-corrected chi connectivity index (χ2v) is 6.35. The number of aliphatic hydroxyl groups is 1. The molecule has 0 radical (unpaired) electrons. The van der Waals surface area contributed by atoms with Gasteiger partial charge in [0.2, 0.25) is 0 Å². The molecule has 4 unspecified atom stereocenters. The lowest BCUT2D eigenvalue weighted by Crippen LogP contribution is -2.61. The molecule has 1 saturated carbocycles. The van der Waals surface area contributed by atoms with Crippen molar-refractivity contribution in [2.75, 3.05) is 19.8 Å². The summed E-state index contributed by atoms with van der Waals surface area (Å²) in [5.41, 5.74) is 5.19. The first kappa shape index (κ1) is 13.3. The molecule has 3 nitrogen and oxygen atoms in total. The van der Waals surface area contributed by atoms with E-state index in [0.29, 0.717) is 25.0 Å². The van der Waals surface area contributed by atoms with Crippen molar-refractivity contribution in [1.82, 2.24) is 0 Å². The summed E-state index contributed by atoms with van der Waals surface area (Å²) < 4.78 is 5.64. The van der Waals surface area contributed by atoms with Crippen LogP contribution in [-0.4, -0.2) is 30.5 Å². The molecule has 2 fully saturated rings. The van der Waals surface area contributed by atoms with Gasteiger partial charge in [0.05, 0.1) is 12.2 Å². The Morgan fingerprint density at radius 3 is 2.71 bits per heavy atom. The van der Waals surface area contributed by atoms with Crippen molar-refractivity contribution in [1.29, 1.82) is 0 Å². The van der Waals surface area contributed by atoms with E-state index in [9.17, 15) is 5.11 Å². The van der Waals surface area contributed by atoms with Gasteiger partial charge in [-0.1, -0.05) is 20.3 Å². The zero-order valence-electron chi connectivity index (χ0n) is 11.2. The predicted octanol–water partition coefficient (Wildman–Crippen LogP) is 1.93. The molecule has 0 aromatic heterocycles. The summed E-state index contributed by atoms with van der Waals surface area (Å²) in [7, 11) is 0. The molecule has 1 saturated heterocycles. The van der Waals surface area contributed by atoms with Gasteiger partial charge < -0.3 is 15.6 Å². The van der Waals surface area contributed by atoms with E-state index in [2.05, 4.69) is 13.8 Å². The highest BCUT2D eigenvalue weighted by Crippen LogP contribution is 2.50. The van der Waals surface area contributed by atoms with Crippen molar-refractivity contribution in [3.05, 3.63) is 0 Å². The molecule has 17 heavy (non-hydrogen) atoms. The van der Waals surface area contributed by atoms with Gasteiger partial charge in [0.1, 0.15) is 0 Å². The fourth-order valence-electron chi connectivity index (χ4n) is 3.88. The second-order valence-electron chi connectivity index (χ2n) is 6.35. The van der Waals surface area contributed by atoms with E-state index in [1.807, 2.05) is 0 Å². The lowest BCUT2D eigenvalue weighted by atomic mass is 9.57. The van der Waals surface area contributed by atoms with Crippen LogP contribution in [0, 0.1) is 17.3 Å². The van der Waals surface area contributed by atoms with Crippen LogP contribution in [0.2, 0.25) is 0 Å². The van der Waals surface area contributed by atoms with Gasteiger partial charge in [-0.25, -0.2) is 0 Å². The zero-order valence-corrected chi connectivity index (χ0v) is 11.2. The second kappa shape index (κ2) is 4.87. The van der Waals surface area contributed by atoms with Gasteiger partial charge in [0.15, 0.2) is 0 Å². The number of rotatable bonds is 2. The lowest BCUT2D eigenvalue weighted by molar-refractivity contribution is -0.190. The highest BCUT2D eigenvalue weighted by Gasteiger charge is 2.54. The minimum atomic E-state index is -0.625. The Kier molecular flexibility index (Phi) is 3.81. The summed E-state index contributed by atoms with van der Waals surface area (Å²) in [5, 5.41) is 11.2. The predicted molar refractivity (Wildman–Crippen MR) is 68.7 cm³/mol. The molecule has 0 spiro atoms. The van der Waals surface area contributed by atoms with Crippen LogP contribution in [0.4, 0.5) is 0 Å². The molecule has 1 heterocycles. The van der Waals surface area contributed by atoms with Crippen LogP contribution in [0.1, 0.15) is 46.0 Å². The van der Waals surface area contributed by atoms with Crippen LogP contribution in [0.25, 0.3) is 0 Å². The van der Waals surface area contributed by atoms with Crippen LogP contribution < -0.4 is 5.73 Å². The monoisotopic (exact) mass is 241 g/mol. The summed E-state index contributed by atoms with van der Waals surface area (Å²) in [6.45, 7) is 6.42. The van der Waals surface area contributed by atoms with E-state index in [1.165, 1.54) is 6.42 Å². The van der Waals surface area contributed by atoms with Gasteiger partial charge in [-0.3, -0.25) is 0 Å². The van der Waals surface area contributed by atoms with Gasteiger partial charge in [0, 0.05) is 18.6 Å². The molecule has 2 aliphatic rings. The lowest BCUT2D eigenvalue weighted by Gasteiger charge is -2.55. The van der Waals surface area contributed by atoms with Gasteiger partial charge in [-0.15, -0.1) is 0 Å². The van der Waals surface area contributed by atoms with Gasteiger partial charge in [-0.05, 0) is 37.5 Å². The van der Waals surface area contributed by atoms with Crippen molar-refractivity contribution in [2.45, 2.75) is 51.6 Å². The molecule has 100 valence electrons. The van der Waals surface area contributed by atoms with Gasteiger partial charge in [-0.2, -0.15) is 0 Å². The number of ether oxygens (including phenoxy) is 1. The molecular formula is C14H27NO2. The largest absolute Gasteiger partial charge is 0.389 e. The van der Waals surface area contributed by atoms with Crippen molar-refractivity contribution < 1.29 is 9.84 Å². The van der Waals surface area contributed by atoms with E-state index in [1.54, 1.807) is 0 Å². The third-order valence-corrected chi connectivity index (χ3v) is 5.20. The number of hydrogen-bond donors (Lipinski definition) is 2. The molecule has 0 amide bonds. The number of nitrogens with two attached hydrogens (primary N) is 1. The molecule has 2 rings (SSSR count). The van der Waals surface area contributed by atoms with Crippen molar-refractivity contribution in [2.24, 2.45) is 23.0 Å². The SMILES string of the molecule is CC1CCC(C)C(O)(C2(CN)CCCOC2)C1. The first-order chi connectivity index (χ1) is 8.04. The summed E-state index contributed by atoms with van der Waals surface area (Å²) in [5.74, 6) is 0.936. The van der Waals surface area contributed by atoms with Crippen LogP contribution in [0.3, 0.4) is 0 Å². The molecule has 1 aliphatic carbocycles. The number of hydrogen-bond acceptors (Lipinski definition) is 3. The fourth-order valence-corrected chi connectivity index (χ4v) is 3.88. The fraction of sp³-hybridized carbons (Fsp3) is 1.00. The minimum absolute atomic E-state index is 0.209. The maximum absolute atomic E-state index is 11.2.